The first-order valence-corrected chi connectivity index (χ1v) is 22.1. The van der Waals surface area contributed by atoms with E-state index >= 15 is 0 Å². The van der Waals surface area contributed by atoms with Gasteiger partial charge in [0.25, 0.3) is 0 Å². The van der Waals surface area contributed by atoms with E-state index in [9.17, 15) is 9.59 Å². The van der Waals surface area contributed by atoms with E-state index in [4.69, 9.17) is 9.47 Å². The molecule has 3 atom stereocenters. The zero-order valence-corrected chi connectivity index (χ0v) is 35.3. The fourth-order valence-electron chi connectivity index (χ4n) is 6.92. The van der Waals surface area contributed by atoms with Crippen molar-refractivity contribution in [1.29, 1.82) is 0 Å². The number of nitrogens with zero attached hydrogens (tertiary/aromatic N) is 1. The number of ether oxygens (including phenoxy) is 2. The van der Waals surface area contributed by atoms with Crippen molar-refractivity contribution in [3.63, 3.8) is 0 Å². The van der Waals surface area contributed by atoms with Crippen molar-refractivity contribution in [1.82, 2.24) is 0 Å². The minimum atomic E-state index is -0.204. The maximum absolute atomic E-state index is 12.7. The summed E-state index contributed by atoms with van der Waals surface area (Å²) in [6, 6.07) is 0. The molecule has 0 heterocycles. The normalized spacial score (nSPS) is 13.9. The lowest BCUT2D eigenvalue weighted by Crippen LogP contribution is -2.44. The number of carbonyl (C=O) groups is 2. The molecule has 0 bridgehead atoms. The largest absolute Gasteiger partial charge is 0.463 e. The average molecular weight is 719 g/mol. The molecule has 0 aromatic carbocycles. The highest BCUT2D eigenvalue weighted by molar-refractivity contribution is 5.69. The maximum atomic E-state index is 12.7. The highest BCUT2D eigenvalue weighted by atomic mass is 16.5. The molecule has 0 aromatic rings. The number of esters is 2. The molecule has 0 radical (unpaired) electrons. The Morgan fingerprint density at radius 2 is 0.824 bits per heavy atom. The standard InChI is InChI=1S/C46H88NO4/c1-8-10-12-14-16-18-20-22-24-26-28-30-32-34-36-38-45(48)50-42(3)40-44(41-47(5,6)7)43(4)51-46(49)39-37-35-33-31-29-27-25-23-21-19-17-15-13-11-9-2/h22-25,42-44H,8-21,26-41H2,1-7H3/q+1. The summed E-state index contributed by atoms with van der Waals surface area (Å²) in [6.45, 7) is 9.40. The Morgan fingerprint density at radius 3 is 1.20 bits per heavy atom. The van der Waals surface area contributed by atoms with Crippen LogP contribution >= 0.6 is 0 Å². The predicted molar refractivity (Wildman–Crippen MR) is 221 cm³/mol. The van der Waals surface area contributed by atoms with Gasteiger partial charge in [-0.1, -0.05) is 141 Å². The molecule has 0 N–H and O–H groups in total. The molecule has 51 heavy (non-hydrogen) atoms. The highest BCUT2D eigenvalue weighted by Crippen LogP contribution is 2.21. The number of unbranched alkanes of at least 4 members (excludes halogenated alkanes) is 22. The van der Waals surface area contributed by atoms with Crippen LogP contribution in [-0.2, 0) is 19.1 Å². The van der Waals surface area contributed by atoms with Crippen molar-refractivity contribution in [3.8, 4) is 0 Å². The van der Waals surface area contributed by atoms with Gasteiger partial charge in [-0.05, 0) is 84.5 Å². The lowest BCUT2D eigenvalue weighted by molar-refractivity contribution is -0.874. The van der Waals surface area contributed by atoms with Gasteiger partial charge < -0.3 is 14.0 Å². The van der Waals surface area contributed by atoms with E-state index in [1.165, 1.54) is 141 Å². The van der Waals surface area contributed by atoms with E-state index < -0.39 is 0 Å². The second kappa shape index (κ2) is 35.4. The Morgan fingerprint density at radius 1 is 0.490 bits per heavy atom. The second-order valence-electron chi connectivity index (χ2n) is 16.6. The van der Waals surface area contributed by atoms with Gasteiger partial charge in [-0.15, -0.1) is 0 Å². The van der Waals surface area contributed by atoms with Crippen molar-refractivity contribution < 1.29 is 23.5 Å². The van der Waals surface area contributed by atoms with Gasteiger partial charge in [-0.3, -0.25) is 9.59 Å². The van der Waals surface area contributed by atoms with Crippen LogP contribution in [-0.4, -0.2) is 56.3 Å². The molecule has 0 aliphatic heterocycles. The molecule has 0 aliphatic rings. The van der Waals surface area contributed by atoms with Gasteiger partial charge in [-0.25, -0.2) is 0 Å². The van der Waals surface area contributed by atoms with Crippen LogP contribution in [0.25, 0.3) is 0 Å². The average Bonchev–Trinajstić information content (AvgIpc) is 3.07. The summed E-state index contributed by atoms with van der Waals surface area (Å²) in [5.41, 5.74) is 0. The first kappa shape index (κ1) is 49.4. The molecule has 0 rings (SSSR count). The van der Waals surface area contributed by atoms with Gasteiger partial charge in [0, 0.05) is 18.8 Å². The van der Waals surface area contributed by atoms with Crippen molar-refractivity contribution in [3.05, 3.63) is 24.3 Å². The van der Waals surface area contributed by atoms with E-state index in [0.717, 1.165) is 36.7 Å². The lowest BCUT2D eigenvalue weighted by atomic mass is 9.95. The number of hydrogen-bond donors (Lipinski definition) is 0. The molecule has 0 aromatic heterocycles. The van der Waals surface area contributed by atoms with Gasteiger partial charge in [-0.2, -0.15) is 0 Å². The Bertz CT molecular complexity index is 845. The molecular weight excluding hydrogens is 631 g/mol. The molecule has 0 saturated carbocycles. The highest BCUT2D eigenvalue weighted by Gasteiger charge is 2.29. The summed E-state index contributed by atoms with van der Waals surface area (Å²) in [5.74, 6) is -0.0657. The van der Waals surface area contributed by atoms with Crippen LogP contribution in [0.2, 0.25) is 0 Å². The number of hydrogen-bond acceptors (Lipinski definition) is 4. The SMILES string of the molecule is CCCCCCCCC=CCCCCCCCC(=O)OC(C)CC(C[N+](C)(C)C)C(C)OC(=O)CCCCCCCC=CCCCCCCCC. The van der Waals surface area contributed by atoms with Gasteiger partial charge in [0.1, 0.15) is 6.10 Å². The molecule has 5 nitrogen and oxygen atoms in total. The first-order chi connectivity index (χ1) is 24.6. The van der Waals surface area contributed by atoms with Gasteiger partial charge in [0.2, 0.25) is 0 Å². The smallest absolute Gasteiger partial charge is 0.306 e. The number of rotatable bonds is 37. The number of carbonyl (C=O) groups excluding carboxylic acids is 2. The third-order valence-electron chi connectivity index (χ3n) is 10.0. The lowest BCUT2D eigenvalue weighted by Gasteiger charge is -2.33. The minimum Gasteiger partial charge on any atom is -0.463 e. The van der Waals surface area contributed by atoms with Crippen LogP contribution < -0.4 is 0 Å². The topological polar surface area (TPSA) is 52.6 Å². The zero-order chi connectivity index (χ0) is 37.8. The molecule has 300 valence electrons. The summed E-state index contributed by atoms with van der Waals surface area (Å²) in [6.07, 6.45) is 43.2. The van der Waals surface area contributed by atoms with E-state index in [2.05, 4.69) is 59.3 Å². The predicted octanol–water partition coefficient (Wildman–Crippen LogP) is 13.6. The van der Waals surface area contributed by atoms with E-state index in [1.54, 1.807) is 0 Å². The zero-order valence-electron chi connectivity index (χ0n) is 35.3. The molecule has 3 unspecified atom stereocenters. The van der Waals surface area contributed by atoms with Gasteiger partial charge in [0.15, 0.2) is 0 Å². The third kappa shape index (κ3) is 36.5. The van der Waals surface area contributed by atoms with Crippen molar-refractivity contribution in [2.45, 2.75) is 226 Å². The molecular formula is C46H88NO4+. The first-order valence-electron chi connectivity index (χ1n) is 22.1. The van der Waals surface area contributed by atoms with Crippen LogP contribution in [0.4, 0.5) is 0 Å². The fourth-order valence-corrected chi connectivity index (χ4v) is 6.92. The summed E-state index contributed by atoms with van der Waals surface area (Å²) >= 11 is 0. The molecule has 5 heteroatoms. The summed E-state index contributed by atoms with van der Waals surface area (Å²) < 4.78 is 12.5. The third-order valence-corrected chi connectivity index (χ3v) is 10.0. The quantitative estimate of drug-likeness (QED) is 0.0278. The Kier molecular flexibility index (Phi) is 34.3. The summed E-state index contributed by atoms with van der Waals surface area (Å²) in [7, 11) is 6.49. The Hall–Kier alpha value is -1.62. The molecule has 0 aliphatic carbocycles. The molecule has 0 spiro atoms. The number of quaternary nitrogens is 1. The Labute approximate surface area is 318 Å². The minimum absolute atomic E-state index is 0.0969. The van der Waals surface area contributed by atoms with Gasteiger partial charge in [0.05, 0.1) is 33.8 Å². The van der Waals surface area contributed by atoms with Crippen molar-refractivity contribution in [2.24, 2.45) is 5.92 Å². The monoisotopic (exact) mass is 719 g/mol. The number of allylic oxidation sites excluding steroid dienone is 4. The van der Waals surface area contributed by atoms with Crippen LogP contribution in [0.3, 0.4) is 0 Å². The molecule has 0 amide bonds. The molecule has 0 fully saturated rings. The molecule has 0 saturated heterocycles. The van der Waals surface area contributed by atoms with Crippen LogP contribution in [0.5, 0.6) is 0 Å². The van der Waals surface area contributed by atoms with Crippen LogP contribution in [0, 0.1) is 5.92 Å². The van der Waals surface area contributed by atoms with Crippen LogP contribution in [0.15, 0.2) is 24.3 Å². The van der Waals surface area contributed by atoms with E-state index in [-0.39, 0.29) is 30.1 Å². The Balaban J connectivity index is 4.11. The van der Waals surface area contributed by atoms with Gasteiger partial charge >= 0.3 is 11.9 Å². The van der Waals surface area contributed by atoms with Crippen molar-refractivity contribution in [2.75, 3.05) is 27.7 Å². The van der Waals surface area contributed by atoms with Crippen LogP contribution in [0.1, 0.15) is 214 Å². The van der Waals surface area contributed by atoms with E-state index in [1.807, 2.05) is 13.8 Å². The fraction of sp³-hybridized carbons (Fsp3) is 0.870. The maximum Gasteiger partial charge on any atom is 0.306 e. The van der Waals surface area contributed by atoms with E-state index in [0.29, 0.717) is 19.3 Å². The van der Waals surface area contributed by atoms with Crippen molar-refractivity contribution >= 4 is 11.9 Å². The second-order valence-corrected chi connectivity index (χ2v) is 16.6. The summed E-state index contributed by atoms with van der Waals surface area (Å²) in [5, 5.41) is 0. The summed E-state index contributed by atoms with van der Waals surface area (Å²) in [4.78, 5) is 25.3.